The number of nitrogens with one attached hydrogen (secondary N) is 2. The molecule has 176 valence electrons. The molecular weight excluding hydrogens is 458 g/mol. The van der Waals surface area contributed by atoms with Gasteiger partial charge >= 0.3 is 0 Å². The van der Waals surface area contributed by atoms with E-state index in [1.54, 1.807) is 7.11 Å². The molecule has 0 spiro atoms. The molecule has 7 nitrogen and oxygen atoms in total. The van der Waals surface area contributed by atoms with Crippen LogP contribution in [0.4, 0.5) is 5.69 Å². The first-order valence-electron chi connectivity index (χ1n) is 11.2. The van der Waals surface area contributed by atoms with Crippen LogP contribution in [-0.4, -0.2) is 38.5 Å². The number of ether oxygens (including phenoxy) is 1. The molecule has 0 fully saturated rings. The first-order valence-corrected chi connectivity index (χ1v) is 12.2. The standard InChI is InChI=1S/C27H25N5O2S/c1-17-12-13-24(34-3)22(14-17)29-25(33)16-35-27-31-30-26(32(27)23-11-7-4-8-18(23)2)20-15-28-21-10-6-5-9-19(20)21/h4-15,28H,16H2,1-3H3,(H,29,33). The molecule has 8 heteroatoms. The van der Waals surface area contributed by atoms with Crippen LogP contribution in [0.1, 0.15) is 11.1 Å². The molecule has 0 aliphatic carbocycles. The second-order valence-corrected chi connectivity index (χ2v) is 9.16. The maximum atomic E-state index is 12.8. The summed E-state index contributed by atoms with van der Waals surface area (Å²) in [5, 5.41) is 13.7. The number of aromatic nitrogens is 4. The van der Waals surface area contributed by atoms with Gasteiger partial charge in [0.25, 0.3) is 0 Å². The number of benzene rings is 3. The predicted molar refractivity (Wildman–Crippen MR) is 140 cm³/mol. The molecule has 35 heavy (non-hydrogen) atoms. The quantitative estimate of drug-likeness (QED) is 0.287. The molecule has 2 aromatic heterocycles. The van der Waals surface area contributed by atoms with Gasteiger partial charge in [0.2, 0.25) is 5.91 Å². The van der Waals surface area contributed by atoms with Gasteiger partial charge in [-0.25, -0.2) is 0 Å². The van der Waals surface area contributed by atoms with Gasteiger partial charge < -0.3 is 15.0 Å². The zero-order valence-electron chi connectivity index (χ0n) is 19.7. The highest BCUT2D eigenvalue weighted by Crippen LogP contribution is 2.33. The first kappa shape index (κ1) is 22.7. The lowest BCUT2D eigenvalue weighted by Crippen LogP contribution is -2.15. The molecule has 1 amide bonds. The van der Waals surface area contributed by atoms with Crippen molar-refractivity contribution in [1.82, 2.24) is 19.7 Å². The molecule has 3 aromatic carbocycles. The second-order valence-electron chi connectivity index (χ2n) is 8.22. The smallest absolute Gasteiger partial charge is 0.234 e. The van der Waals surface area contributed by atoms with Crippen LogP contribution in [0.15, 0.2) is 78.1 Å². The van der Waals surface area contributed by atoms with Gasteiger partial charge in [-0.2, -0.15) is 0 Å². The van der Waals surface area contributed by atoms with Crippen LogP contribution < -0.4 is 10.1 Å². The number of carbonyl (C=O) groups is 1. The van der Waals surface area contributed by atoms with Gasteiger partial charge in [0, 0.05) is 22.7 Å². The van der Waals surface area contributed by atoms with Crippen molar-refractivity contribution < 1.29 is 9.53 Å². The fraction of sp³-hybridized carbons (Fsp3) is 0.148. The Kier molecular flexibility index (Phi) is 6.29. The average Bonchev–Trinajstić information content (AvgIpc) is 3.47. The zero-order chi connectivity index (χ0) is 24.4. The highest BCUT2D eigenvalue weighted by molar-refractivity contribution is 7.99. The average molecular weight is 484 g/mol. The van der Waals surface area contributed by atoms with Crippen molar-refractivity contribution in [1.29, 1.82) is 0 Å². The number of hydrogen-bond donors (Lipinski definition) is 2. The van der Waals surface area contributed by atoms with Gasteiger partial charge in [-0.05, 0) is 49.2 Å². The van der Waals surface area contributed by atoms with Gasteiger partial charge in [-0.3, -0.25) is 9.36 Å². The van der Waals surface area contributed by atoms with Crippen molar-refractivity contribution in [2.24, 2.45) is 0 Å². The Bertz CT molecular complexity index is 1520. The molecule has 0 radical (unpaired) electrons. The van der Waals surface area contributed by atoms with E-state index < -0.39 is 0 Å². The third-order valence-electron chi connectivity index (χ3n) is 5.78. The van der Waals surface area contributed by atoms with Crippen LogP contribution in [0.2, 0.25) is 0 Å². The molecular formula is C27H25N5O2S. The minimum Gasteiger partial charge on any atom is -0.495 e. The van der Waals surface area contributed by atoms with Crippen molar-refractivity contribution in [2.45, 2.75) is 19.0 Å². The summed E-state index contributed by atoms with van der Waals surface area (Å²) >= 11 is 1.35. The third kappa shape index (κ3) is 4.52. The van der Waals surface area contributed by atoms with E-state index in [0.717, 1.165) is 39.1 Å². The fourth-order valence-electron chi connectivity index (χ4n) is 4.06. The maximum absolute atomic E-state index is 12.8. The second kappa shape index (κ2) is 9.68. The Labute approximate surface area is 207 Å². The van der Waals surface area contributed by atoms with E-state index in [9.17, 15) is 4.79 Å². The summed E-state index contributed by atoms with van der Waals surface area (Å²) in [6.45, 7) is 4.03. The van der Waals surface area contributed by atoms with E-state index in [1.807, 2.05) is 72.3 Å². The van der Waals surface area contributed by atoms with E-state index in [4.69, 9.17) is 4.74 Å². The van der Waals surface area contributed by atoms with E-state index in [1.165, 1.54) is 11.8 Å². The highest BCUT2D eigenvalue weighted by Gasteiger charge is 2.21. The monoisotopic (exact) mass is 483 g/mol. The van der Waals surface area contributed by atoms with Gasteiger partial charge in [-0.15, -0.1) is 10.2 Å². The van der Waals surface area contributed by atoms with E-state index in [-0.39, 0.29) is 11.7 Å². The largest absolute Gasteiger partial charge is 0.495 e. The number of anilines is 1. The molecule has 0 unspecified atom stereocenters. The van der Waals surface area contributed by atoms with Crippen LogP contribution in [0.3, 0.4) is 0 Å². The molecule has 5 aromatic rings. The van der Waals surface area contributed by atoms with Crippen molar-refractivity contribution in [3.05, 3.63) is 84.1 Å². The lowest BCUT2D eigenvalue weighted by molar-refractivity contribution is -0.113. The topological polar surface area (TPSA) is 84.8 Å². The number of aryl methyl sites for hydroxylation is 2. The molecule has 2 N–H and O–H groups in total. The minimum absolute atomic E-state index is 0.146. The Balaban J connectivity index is 1.48. The Morgan fingerprint density at radius 1 is 1.06 bits per heavy atom. The Morgan fingerprint density at radius 2 is 1.86 bits per heavy atom. The summed E-state index contributed by atoms with van der Waals surface area (Å²) in [7, 11) is 1.59. The predicted octanol–water partition coefficient (Wildman–Crippen LogP) is 5.77. The van der Waals surface area contributed by atoms with Crippen LogP contribution in [-0.2, 0) is 4.79 Å². The van der Waals surface area contributed by atoms with E-state index in [0.29, 0.717) is 16.6 Å². The number of fused-ring (bicyclic) bond motifs is 1. The minimum atomic E-state index is -0.146. The zero-order valence-corrected chi connectivity index (χ0v) is 20.5. The van der Waals surface area contributed by atoms with E-state index >= 15 is 0 Å². The number of aromatic amines is 1. The number of nitrogens with zero attached hydrogens (tertiary/aromatic N) is 3. The molecule has 0 saturated heterocycles. The number of para-hydroxylation sites is 2. The molecule has 0 atom stereocenters. The SMILES string of the molecule is COc1ccc(C)cc1NC(=O)CSc1nnc(-c2c[nH]c3ccccc23)n1-c1ccccc1C. The number of thioether (sulfide) groups is 1. The molecule has 0 saturated carbocycles. The van der Waals surface area contributed by atoms with Gasteiger partial charge in [0.05, 0.1) is 24.2 Å². The van der Waals surface area contributed by atoms with Gasteiger partial charge in [0.1, 0.15) is 5.75 Å². The Morgan fingerprint density at radius 3 is 2.69 bits per heavy atom. The normalized spacial score (nSPS) is 11.1. The van der Waals surface area contributed by atoms with Crippen LogP contribution in [0, 0.1) is 13.8 Å². The van der Waals surface area contributed by atoms with E-state index in [2.05, 4.69) is 39.6 Å². The summed E-state index contributed by atoms with van der Waals surface area (Å²) in [4.78, 5) is 16.2. The van der Waals surface area contributed by atoms with Crippen LogP contribution in [0.25, 0.3) is 28.0 Å². The number of hydrogen-bond acceptors (Lipinski definition) is 5. The van der Waals surface area contributed by atoms with Gasteiger partial charge in [-0.1, -0.05) is 54.2 Å². The summed E-state index contributed by atoms with van der Waals surface area (Å²) in [5.41, 5.74) is 5.74. The number of H-pyrrole nitrogens is 1. The lowest BCUT2D eigenvalue weighted by atomic mass is 10.1. The van der Waals surface area contributed by atoms with Crippen molar-refractivity contribution in [3.8, 4) is 22.8 Å². The summed E-state index contributed by atoms with van der Waals surface area (Å²) in [5.74, 6) is 1.38. The maximum Gasteiger partial charge on any atom is 0.234 e. The number of amides is 1. The van der Waals surface area contributed by atoms with Crippen LogP contribution in [0.5, 0.6) is 5.75 Å². The summed E-state index contributed by atoms with van der Waals surface area (Å²) < 4.78 is 7.41. The molecule has 0 aliphatic heterocycles. The molecule has 5 rings (SSSR count). The van der Waals surface area contributed by atoms with Crippen molar-refractivity contribution >= 4 is 34.3 Å². The molecule has 0 aliphatic rings. The summed E-state index contributed by atoms with van der Waals surface area (Å²) in [6, 6.07) is 21.9. The third-order valence-corrected chi connectivity index (χ3v) is 6.71. The molecule has 0 bridgehead atoms. The van der Waals surface area contributed by atoms with Crippen molar-refractivity contribution in [3.63, 3.8) is 0 Å². The first-order chi connectivity index (χ1) is 17.0. The number of carbonyl (C=O) groups excluding carboxylic acids is 1. The summed E-state index contributed by atoms with van der Waals surface area (Å²) in [6.07, 6.45) is 1.95. The fourth-order valence-corrected chi connectivity index (χ4v) is 4.81. The number of methoxy groups -OCH3 is 1. The lowest BCUT2D eigenvalue weighted by Gasteiger charge is -2.13. The van der Waals surface area contributed by atoms with Crippen molar-refractivity contribution in [2.75, 3.05) is 18.2 Å². The Hall–Kier alpha value is -4.04. The molecule has 2 heterocycles. The van der Waals surface area contributed by atoms with Crippen LogP contribution >= 0.6 is 11.8 Å². The highest BCUT2D eigenvalue weighted by atomic mass is 32.2. The van der Waals surface area contributed by atoms with Gasteiger partial charge in [0.15, 0.2) is 11.0 Å². The number of rotatable bonds is 7.